The molecule has 9 nitrogen and oxygen atoms in total. The number of alkyl carbamates (subject to hydrolysis) is 1. The van der Waals surface area contributed by atoms with Crippen LogP contribution in [0.2, 0.25) is 0 Å². The lowest BCUT2D eigenvalue weighted by Gasteiger charge is -2.37. The van der Waals surface area contributed by atoms with Crippen LogP contribution in [0.3, 0.4) is 0 Å². The molecule has 0 radical (unpaired) electrons. The fourth-order valence-corrected chi connectivity index (χ4v) is 6.00. The Labute approximate surface area is 227 Å². The van der Waals surface area contributed by atoms with Gasteiger partial charge in [0.25, 0.3) is 0 Å². The third-order valence-electron chi connectivity index (χ3n) is 7.23. The minimum absolute atomic E-state index is 0.131. The monoisotopic (exact) mass is 539 g/mol. The van der Waals surface area contributed by atoms with Gasteiger partial charge in [0, 0.05) is 23.8 Å². The highest BCUT2D eigenvalue weighted by molar-refractivity contribution is 8.00. The molecule has 1 saturated carbocycles. The molecule has 1 heterocycles. The Hall–Kier alpha value is -1.97. The Morgan fingerprint density at radius 3 is 2.30 bits per heavy atom. The highest BCUT2D eigenvalue weighted by Gasteiger charge is 2.44. The maximum atomic E-state index is 13.9. The summed E-state index contributed by atoms with van der Waals surface area (Å²) in [6.45, 7) is 13.4. The molecular formula is C27H49N5O4S. The fraction of sp³-hybridized carbons (Fsp3) is 0.852. The van der Waals surface area contributed by atoms with E-state index < -0.39 is 22.9 Å². The first kappa shape index (κ1) is 31.2. The normalized spacial score (nSPS) is 23.1. The molecule has 2 fully saturated rings. The second-order valence-corrected chi connectivity index (χ2v) is 13.7. The lowest BCUT2D eigenvalue weighted by molar-refractivity contribution is -0.140. The summed E-state index contributed by atoms with van der Waals surface area (Å²) in [7, 11) is 0. The third-order valence-corrected chi connectivity index (χ3v) is 9.04. The van der Waals surface area contributed by atoms with Crippen molar-refractivity contribution >= 4 is 35.5 Å². The number of hydrogen-bond acceptors (Lipinski definition) is 6. The number of amidine groups is 1. The number of likely N-dealkylation sites (tertiary alicyclic amines) is 1. The van der Waals surface area contributed by atoms with E-state index in [0.717, 1.165) is 37.9 Å². The zero-order valence-corrected chi connectivity index (χ0v) is 24.4. The van der Waals surface area contributed by atoms with Crippen molar-refractivity contribution in [1.29, 1.82) is 5.41 Å². The summed E-state index contributed by atoms with van der Waals surface area (Å²) in [6, 6.07) is -1.35. The van der Waals surface area contributed by atoms with E-state index >= 15 is 0 Å². The molecule has 0 aromatic carbocycles. The molecule has 2 atom stereocenters. The summed E-state index contributed by atoms with van der Waals surface area (Å²) >= 11 is 1.65. The molecule has 0 bridgehead atoms. The molecule has 212 valence electrons. The number of hydrogen-bond donors (Lipinski definition) is 4. The van der Waals surface area contributed by atoms with Crippen molar-refractivity contribution in [2.75, 3.05) is 25.4 Å². The van der Waals surface area contributed by atoms with Gasteiger partial charge in [0.15, 0.2) is 0 Å². The minimum atomic E-state index is -0.814. The Morgan fingerprint density at radius 2 is 1.73 bits per heavy atom. The average Bonchev–Trinajstić information content (AvgIpc) is 3.33. The number of thioether (sulfide) groups is 1. The van der Waals surface area contributed by atoms with E-state index in [4.69, 9.17) is 15.9 Å². The zero-order valence-electron chi connectivity index (χ0n) is 23.6. The number of rotatable bonds is 12. The maximum absolute atomic E-state index is 13.9. The zero-order chi connectivity index (χ0) is 27.8. The molecule has 2 aliphatic rings. The molecular weight excluding hydrogens is 490 g/mol. The highest BCUT2D eigenvalue weighted by atomic mass is 32.2. The van der Waals surface area contributed by atoms with E-state index in [9.17, 15) is 14.4 Å². The van der Waals surface area contributed by atoms with Crippen LogP contribution in [0.4, 0.5) is 4.79 Å². The predicted octanol–water partition coefficient (Wildman–Crippen LogP) is 3.75. The predicted molar refractivity (Wildman–Crippen MR) is 150 cm³/mol. The minimum Gasteiger partial charge on any atom is -0.449 e. The van der Waals surface area contributed by atoms with E-state index in [2.05, 4.69) is 24.5 Å². The van der Waals surface area contributed by atoms with Crippen molar-refractivity contribution < 1.29 is 19.1 Å². The number of nitrogens with one attached hydrogen (secondary N) is 3. The summed E-state index contributed by atoms with van der Waals surface area (Å²) in [5, 5.41) is 13.6. The van der Waals surface area contributed by atoms with Gasteiger partial charge in [0.05, 0.1) is 12.4 Å². The number of carbonyl (C=O) groups excluding carboxylic acids is 3. The topological polar surface area (TPSA) is 138 Å². The molecule has 37 heavy (non-hydrogen) atoms. The van der Waals surface area contributed by atoms with E-state index in [0.29, 0.717) is 31.3 Å². The van der Waals surface area contributed by atoms with Crippen LogP contribution in [-0.4, -0.2) is 70.9 Å². The molecule has 0 aromatic heterocycles. The molecule has 1 aliphatic heterocycles. The molecule has 10 heteroatoms. The SMILES string of the molecule is CC(C)COC(=O)N[C@@H](C(=O)N1CCC[C@H]1C(=O)NCC1CCC(C(=N)N)CC1)C(C)(C)SCC(C)C. The van der Waals surface area contributed by atoms with Crippen molar-refractivity contribution in [1.82, 2.24) is 15.5 Å². The van der Waals surface area contributed by atoms with Crippen LogP contribution in [0.1, 0.15) is 80.1 Å². The summed E-state index contributed by atoms with van der Waals surface area (Å²) in [5.41, 5.74) is 5.65. The van der Waals surface area contributed by atoms with Gasteiger partial charge in [-0.15, -0.1) is 0 Å². The number of nitrogens with two attached hydrogens (primary N) is 1. The van der Waals surface area contributed by atoms with Crippen molar-refractivity contribution in [2.45, 2.75) is 96.9 Å². The van der Waals surface area contributed by atoms with Crippen LogP contribution in [-0.2, 0) is 14.3 Å². The molecule has 5 N–H and O–H groups in total. The smallest absolute Gasteiger partial charge is 0.407 e. The molecule has 2 rings (SSSR count). The van der Waals surface area contributed by atoms with Crippen molar-refractivity contribution in [3.8, 4) is 0 Å². The van der Waals surface area contributed by atoms with Crippen LogP contribution in [0.15, 0.2) is 0 Å². The molecule has 0 spiro atoms. The van der Waals surface area contributed by atoms with E-state index in [1.807, 2.05) is 27.7 Å². The molecule has 1 aliphatic carbocycles. The van der Waals surface area contributed by atoms with Gasteiger partial charge >= 0.3 is 6.09 Å². The van der Waals surface area contributed by atoms with Crippen molar-refractivity contribution in [3.05, 3.63) is 0 Å². The van der Waals surface area contributed by atoms with Crippen molar-refractivity contribution in [3.63, 3.8) is 0 Å². The summed E-state index contributed by atoms with van der Waals surface area (Å²) in [4.78, 5) is 41.3. The van der Waals surface area contributed by atoms with Gasteiger partial charge in [0.2, 0.25) is 11.8 Å². The lowest BCUT2D eigenvalue weighted by Crippen LogP contribution is -2.60. The Bertz CT molecular complexity index is 796. The first-order chi connectivity index (χ1) is 17.3. The van der Waals surface area contributed by atoms with Gasteiger partial charge in [0.1, 0.15) is 12.1 Å². The van der Waals surface area contributed by atoms with Crippen LogP contribution in [0.25, 0.3) is 0 Å². The molecule has 3 amide bonds. The van der Waals surface area contributed by atoms with E-state index in [1.165, 1.54) is 0 Å². The number of carbonyl (C=O) groups is 3. The summed E-state index contributed by atoms with van der Waals surface area (Å²) in [5.74, 6) is 1.88. The maximum Gasteiger partial charge on any atom is 0.407 e. The molecule has 1 saturated heterocycles. The van der Waals surface area contributed by atoms with Crippen LogP contribution in [0.5, 0.6) is 0 Å². The lowest BCUT2D eigenvalue weighted by atomic mass is 9.81. The second-order valence-electron chi connectivity index (χ2n) is 12.0. The highest BCUT2D eigenvalue weighted by Crippen LogP contribution is 2.33. The summed E-state index contributed by atoms with van der Waals surface area (Å²) in [6.07, 6.45) is 4.39. The largest absolute Gasteiger partial charge is 0.449 e. The standard InChI is InChI=1S/C27H49N5O4S/c1-17(2)15-36-26(35)31-22(27(5,6)37-16-18(3)4)25(34)32-13-7-8-21(32)24(33)30-14-19-9-11-20(12-10-19)23(28)29/h17-22H,7-16H2,1-6H3,(H3,28,29)(H,30,33)(H,31,35)/t19?,20?,21-,22-/m0/s1. The van der Waals surface area contributed by atoms with Gasteiger partial charge in [-0.25, -0.2) is 4.79 Å². The van der Waals surface area contributed by atoms with Crippen LogP contribution >= 0.6 is 11.8 Å². The number of amides is 3. The van der Waals surface area contributed by atoms with E-state index in [-0.39, 0.29) is 36.1 Å². The first-order valence-electron chi connectivity index (χ1n) is 13.8. The quantitative estimate of drug-likeness (QED) is 0.220. The summed E-state index contributed by atoms with van der Waals surface area (Å²) < 4.78 is 4.75. The van der Waals surface area contributed by atoms with Gasteiger partial charge in [-0.2, -0.15) is 11.8 Å². The van der Waals surface area contributed by atoms with Gasteiger partial charge in [-0.3, -0.25) is 15.0 Å². The Kier molecular flexibility index (Phi) is 12.0. The Balaban J connectivity index is 2.06. The van der Waals surface area contributed by atoms with Gasteiger partial charge in [-0.1, -0.05) is 27.7 Å². The van der Waals surface area contributed by atoms with Gasteiger partial charge in [-0.05, 0) is 75.9 Å². The second kappa shape index (κ2) is 14.3. The van der Waals surface area contributed by atoms with E-state index in [1.54, 1.807) is 16.7 Å². The Morgan fingerprint density at radius 1 is 1.08 bits per heavy atom. The first-order valence-corrected chi connectivity index (χ1v) is 14.8. The number of ether oxygens (including phenoxy) is 1. The third kappa shape index (κ3) is 9.69. The van der Waals surface area contributed by atoms with Gasteiger partial charge < -0.3 is 26.0 Å². The fourth-order valence-electron chi connectivity index (χ4n) is 4.91. The van der Waals surface area contributed by atoms with Crippen molar-refractivity contribution in [2.24, 2.45) is 29.4 Å². The van der Waals surface area contributed by atoms with Crippen LogP contribution < -0.4 is 16.4 Å². The molecule has 0 aromatic rings. The molecule has 0 unspecified atom stereocenters. The van der Waals surface area contributed by atoms with Crippen LogP contribution in [0, 0.1) is 29.1 Å². The number of nitrogens with zero attached hydrogens (tertiary/aromatic N) is 1. The average molecular weight is 540 g/mol.